The molecule has 2 unspecified atom stereocenters. The van der Waals surface area contributed by atoms with Crippen molar-refractivity contribution >= 4 is 11.8 Å². The minimum absolute atomic E-state index is 0.431. The molecule has 1 saturated carbocycles. The second-order valence-electron chi connectivity index (χ2n) is 6.57. The Balaban J connectivity index is 1.92. The minimum atomic E-state index is -0.864. The molecule has 0 saturated heterocycles. The smallest absolute Gasteiger partial charge is 0.329 e. The number of aromatic nitrogens is 2. The van der Waals surface area contributed by atoms with Gasteiger partial charge in [-0.2, -0.15) is 0 Å². The maximum absolute atomic E-state index is 11.9. The van der Waals surface area contributed by atoms with Crippen LogP contribution in [0.3, 0.4) is 0 Å². The maximum atomic E-state index is 11.9. The molecule has 114 valence electrons. The van der Waals surface area contributed by atoms with Crippen molar-refractivity contribution in [3.8, 4) is 0 Å². The zero-order chi connectivity index (χ0) is 14.9. The van der Waals surface area contributed by atoms with Gasteiger partial charge in [0.1, 0.15) is 17.7 Å². The number of carboxylic acid groups (broad SMARTS) is 1. The fraction of sp³-hybridized carbons (Fsp3) is 0.688. The summed E-state index contributed by atoms with van der Waals surface area (Å²) < 4.78 is 0. The van der Waals surface area contributed by atoms with Gasteiger partial charge in [-0.05, 0) is 44.4 Å². The predicted octanol–water partition coefficient (Wildman–Crippen LogP) is 2.80. The lowest BCUT2D eigenvalue weighted by Gasteiger charge is -2.38. The third-order valence-electron chi connectivity index (χ3n) is 4.89. The third-order valence-corrected chi connectivity index (χ3v) is 4.89. The van der Waals surface area contributed by atoms with Crippen LogP contribution in [0.15, 0.2) is 6.33 Å². The second kappa shape index (κ2) is 5.62. The molecule has 2 aliphatic rings. The van der Waals surface area contributed by atoms with Crippen LogP contribution < -0.4 is 5.32 Å². The number of fused-ring (bicyclic) bond motifs is 1. The topological polar surface area (TPSA) is 75.1 Å². The van der Waals surface area contributed by atoms with Crippen molar-refractivity contribution in [3.63, 3.8) is 0 Å². The molecule has 2 N–H and O–H groups in total. The van der Waals surface area contributed by atoms with E-state index < -0.39 is 11.5 Å². The molecule has 5 heteroatoms. The van der Waals surface area contributed by atoms with Gasteiger partial charge in [-0.3, -0.25) is 0 Å². The second-order valence-corrected chi connectivity index (χ2v) is 6.57. The van der Waals surface area contributed by atoms with Gasteiger partial charge in [-0.25, -0.2) is 14.8 Å². The molecule has 1 fully saturated rings. The Hall–Kier alpha value is -1.65. The number of anilines is 1. The van der Waals surface area contributed by atoms with Crippen LogP contribution in [0.1, 0.15) is 56.7 Å². The number of aryl methyl sites for hydroxylation is 1. The number of rotatable bonds is 3. The van der Waals surface area contributed by atoms with Gasteiger partial charge >= 0.3 is 5.97 Å². The standard InChI is InChI=1S/C16H23N3O2/c1-11-5-4-8-16(9-11,15(20)21)19-14-12-6-2-3-7-13(12)17-10-18-14/h10-11H,2-9H2,1H3,(H,20,21)(H,17,18,19). The van der Waals surface area contributed by atoms with E-state index in [1.165, 1.54) is 0 Å². The Bertz CT molecular complexity index is 546. The van der Waals surface area contributed by atoms with Crippen LogP contribution in [-0.4, -0.2) is 26.6 Å². The summed E-state index contributed by atoms with van der Waals surface area (Å²) >= 11 is 0. The highest BCUT2D eigenvalue weighted by Gasteiger charge is 2.42. The van der Waals surface area contributed by atoms with E-state index in [1.54, 1.807) is 6.33 Å². The quantitative estimate of drug-likeness (QED) is 0.895. The van der Waals surface area contributed by atoms with E-state index in [2.05, 4.69) is 22.2 Å². The van der Waals surface area contributed by atoms with E-state index in [0.717, 1.165) is 55.6 Å². The molecule has 0 radical (unpaired) electrons. The number of hydrogen-bond donors (Lipinski definition) is 2. The molecule has 1 heterocycles. The highest BCUT2D eigenvalue weighted by atomic mass is 16.4. The van der Waals surface area contributed by atoms with Crippen LogP contribution in [0.4, 0.5) is 5.82 Å². The van der Waals surface area contributed by atoms with E-state index in [0.29, 0.717) is 18.8 Å². The van der Waals surface area contributed by atoms with Crippen LogP contribution in [0.5, 0.6) is 0 Å². The van der Waals surface area contributed by atoms with Gasteiger partial charge in [0.15, 0.2) is 0 Å². The molecular formula is C16H23N3O2. The van der Waals surface area contributed by atoms with E-state index in [4.69, 9.17) is 0 Å². The fourth-order valence-electron chi connectivity index (χ4n) is 3.77. The SMILES string of the molecule is CC1CCCC(Nc2ncnc3c2CCCC3)(C(=O)O)C1. The number of nitrogens with one attached hydrogen (secondary N) is 1. The van der Waals surface area contributed by atoms with Gasteiger partial charge in [0.25, 0.3) is 0 Å². The number of carboxylic acids is 1. The molecular weight excluding hydrogens is 266 g/mol. The van der Waals surface area contributed by atoms with Crippen molar-refractivity contribution in [2.24, 2.45) is 5.92 Å². The molecule has 2 aliphatic carbocycles. The zero-order valence-corrected chi connectivity index (χ0v) is 12.6. The first-order chi connectivity index (χ1) is 10.1. The highest BCUT2D eigenvalue weighted by molar-refractivity contribution is 5.83. The summed E-state index contributed by atoms with van der Waals surface area (Å²) in [7, 11) is 0. The molecule has 1 aromatic rings. The largest absolute Gasteiger partial charge is 0.480 e. The molecule has 21 heavy (non-hydrogen) atoms. The number of nitrogens with zero attached hydrogens (tertiary/aromatic N) is 2. The van der Waals surface area contributed by atoms with Crippen LogP contribution in [0.25, 0.3) is 0 Å². The van der Waals surface area contributed by atoms with Crippen molar-refractivity contribution < 1.29 is 9.90 Å². The van der Waals surface area contributed by atoms with Crippen molar-refractivity contribution in [1.82, 2.24) is 9.97 Å². The van der Waals surface area contributed by atoms with Gasteiger partial charge in [0.2, 0.25) is 0 Å². The van der Waals surface area contributed by atoms with Gasteiger partial charge in [-0.1, -0.05) is 19.8 Å². The lowest BCUT2D eigenvalue weighted by Crippen LogP contribution is -2.50. The summed E-state index contributed by atoms with van der Waals surface area (Å²) in [6.07, 6.45) is 9.18. The van der Waals surface area contributed by atoms with Gasteiger partial charge in [-0.15, -0.1) is 0 Å². The van der Waals surface area contributed by atoms with Crippen molar-refractivity contribution in [1.29, 1.82) is 0 Å². The molecule has 3 rings (SSSR count). The number of carbonyl (C=O) groups is 1. The molecule has 0 aliphatic heterocycles. The Labute approximate surface area is 125 Å². The zero-order valence-electron chi connectivity index (χ0n) is 12.6. The van der Waals surface area contributed by atoms with Gasteiger partial charge < -0.3 is 10.4 Å². The summed E-state index contributed by atoms with van der Waals surface area (Å²) in [5.74, 6) is 0.424. The van der Waals surface area contributed by atoms with E-state index in [1.807, 2.05) is 0 Å². The molecule has 5 nitrogen and oxygen atoms in total. The average Bonchev–Trinajstić information content (AvgIpc) is 2.47. The Kier molecular flexibility index (Phi) is 3.83. The lowest BCUT2D eigenvalue weighted by molar-refractivity contribution is -0.144. The Morgan fingerprint density at radius 2 is 2.14 bits per heavy atom. The monoisotopic (exact) mass is 289 g/mol. The summed E-state index contributed by atoms with van der Waals surface area (Å²) in [5.41, 5.74) is 1.35. The van der Waals surface area contributed by atoms with Crippen molar-refractivity contribution in [2.45, 2.75) is 63.8 Å². The highest BCUT2D eigenvalue weighted by Crippen LogP contribution is 2.36. The van der Waals surface area contributed by atoms with Crippen LogP contribution in [0.2, 0.25) is 0 Å². The molecule has 2 atom stereocenters. The fourth-order valence-corrected chi connectivity index (χ4v) is 3.77. The molecule has 0 bridgehead atoms. The Morgan fingerprint density at radius 3 is 2.90 bits per heavy atom. The normalized spacial score (nSPS) is 28.7. The summed E-state index contributed by atoms with van der Waals surface area (Å²) in [4.78, 5) is 20.6. The average molecular weight is 289 g/mol. The van der Waals surface area contributed by atoms with Crippen LogP contribution >= 0.6 is 0 Å². The molecule has 0 aromatic carbocycles. The summed E-state index contributed by atoms with van der Waals surface area (Å²) in [6.45, 7) is 2.13. The maximum Gasteiger partial charge on any atom is 0.329 e. The van der Waals surface area contributed by atoms with Gasteiger partial charge in [0.05, 0.1) is 0 Å². The van der Waals surface area contributed by atoms with E-state index >= 15 is 0 Å². The van der Waals surface area contributed by atoms with Crippen molar-refractivity contribution in [3.05, 3.63) is 17.6 Å². The first-order valence-corrected chi connectivity index (χ1v) is 7.95. The van der Waals surface area contributed by atoms with Gasteiger partial charge in [0, 0.05) is 11.3 Å². The predicted molar refractivity (Wildman–Crippen MR) is 80.3 cm³/mol. The van der Waals surface area contributed by atoms with Crippen LogP contribution in [0, 0.1) is 5.92 Å². The van der Waals surface area contributed by atoms with E-state index in [9.17, 15) is 9.90 Å². The van der Waals surface area contributed by atoms with E-state index in [-0.39, 0.29) is 0 Å². The summed E-state index contributed by atoms with van der Waals surface area (Å²) in [5, 5.41) is 13.1. The van der Waals surface area contributed by atoms with Crippen LogP contribution in [-0.2, 0) is 17.6 Å². The molecule has 0 spiro atoms. The molecule has 1 aromatic heterocycles. The first-order valence-electron chi connectivity index (χ1n) is 7.95. The number of hydrogen-bond acceptors (Lipinski definition) is 4. The molecule has 0 amide bonds. The lowest BCUT2D eigenvalue weighted by atomic mass is 9.76. The van der Waals surface area contributed by atoms with Crippen molar-refractivity contribution in [2.75, 3.05) is 5.32 Å². The number of aliphatic carboxylic acids is 1. The third kappa shape index (κ3) is 2.74. The minimum Gasteiger partial charge on any atom is -0.480 e. The first kappa shape index (κ1) is 14.3. The Morgan fingerprint density at radius 1 is 1.33 bits per heavy atom. The summed E-state index contributed by atoms with van der Waals surface area (Å²) in [6, 6.07) is 0.